The van der Waals surface area contributed by atoms with Gasteiger partial charge in [0, 0.05) is 18.4 Å². The summed E-state index contributed by atoms with van der Waals surface area (Å²) >= 11 is 0. The number of carboxylic acids is 2. The number of alkyl carbamates (subject to hydrolysis) is 1. The number of fused-ring (bicyclic) bond motifs is 3. The summed E-state index contributed by atoms with van der Waals surface area (Å²) in [5, 5.41) is 20.2. The monoisotopic (exact) mass is 383 g/mol. The number of benzene rings is 2. The minimum Gasteiger partial charge on any atom is -0.481 e. The summed E-state index contributed by atoms with van der Waals surface area (Å²) in [6.45, 7) is 0.110. The average molecular weight is 383 g/mol. The molecule has 2 aromatic carbocycles. The van der Waals surface area contributed by atoms with Gasteiger partial charge in [0.2, 0.25) is 0 Å². The lowest BCUT2D eigenvalue weighted by Crippen LogP contribution is -2.37. The summed E-state index contributed by atoms with van der Waals surface area (Å²) in [5.74, 6) is -2.27. The van der Waals surface area contributed by atoms with Crippen LogP contribution in [0.2, 0.25) is 0 Å². The number of rotatable bonds is 8. The molecule has 3 N–H and O–H groups in total. The summed E-state index contributed by atoms with van der Waals surface area (Å²) in [5.41, 5.74) is 4.36. The lowest BCUT2D eigenvalue weighted by molar-refractivity contribution is -0.139. The molecule has 0 spiro atoms. The maximum Gasteiger partial charge on any atom is 0.407 e. The summed E-state index contributed by atoms with van der Waals surface area (Å²) in [4.78, 5) is 33.8. The molecule has 0 radical (unpaired) electrons. The van der Waals surface area contributed by atoms with Gasteiger partial charge in [-0.25, -0.2) is 4.79 Å². The Balaban J connectivity index is 1.65. The molecule has 28 heavy (non-hydrogen) atoms. The zero-order valence-corrected chi connectivity index (χ0v) is 15.1. The van der Waals surface area contributed by atoms with Crippen molar-refractivity contribution in [1.82, 2.24) is 5.32 Å². The SMILES string of the molecule is O=C(O)CCC(CC(=O)O)NC(=O)OCC1c2ccccc2-c2ccccc21. The third-order valence-corrected chi connectivity index (χ3v) is 4.79. The minimum atomic E-state index is -1.12. The van der Waals surface area contributed by atoms with Gasteiger partial charge in [-0.3, -0.25) is 9.59 Å². The van der Waals surface area contributed by atoms with Crippen LogP contribution in [0.4, 0.5) is 4.79 Å². The molecule has 0 bridgehead atoms. The Morgan fingerprint density at radius 2 is 1.50 bits per heavy atom. The van der Waals surface area contributed by atoms with Gasteiger partial charge >= 0.3 is 18.0 Å². The minimum absolute atomic E-state index is 0.0197. The van der Waals surface area contributed by atoms with Crippen molar-refractivity contribution in [3.63, 3.8) is 0 Å². The van der Waals surface area contributed by atoms with E-state index in [4.69, 9.17) is 14.9 Å². The summed E-state index contributed by atoms with van der Waals surface area (Å²) < 4.78 is 5.37. The normalized spacial score (nSPS) is 13.3. The molecule has 0 saturated heterocycles. The third kappa shape index (κ3) is 4.49. The van der Waals surface area contributed by atoms with Gasteiger partial charge in [-0.2, -0.15) is 0 Å². The zero-order valence-electron chi connectivity index (χ0n) is 15.1. The first-order valence-corrected chi connectivity index (χ1v) is 9.00. The van der Waals surface area contributed by atoms with Crippen LogP contribution in [0.3, 0.4) is 0 Å². The van der Waals surface area contributed by atoms with Gasteiger partial charge < -0.3 is 20.3 Å². The molecule has 0 aromatic heterocycles. The quantitative estimate of drug-likeness (QED) is 0.645. The van der Waals surface area contributed by atoms with Gasteiger partial charge in [-0.1, -0.05) is 48.5 Å². The number of amides is 1. The molecule has 0 saturated carbocycles. The molecule has 0 fully saturated rings. The second-order valence-corrected chi connectivity index (χ2v) is 6.70. The van der Waals surface area contributed by atoms with E-state index in [-0.39, 0.29) is 31.8 Å². The highest BCUT2D eigenvalue weighted by Crippen LogP contribution is 2.44. The molecule has 1 unspecified atom stereocenters. The van der Waals surface area contributed by atoms with Gasteiger partial charge in [0.15, 0.2) is 0 Å². The van der Waals surface area contributed by atoms with Crippen molar-refractivity contribution in [1.29, 1.82) is 0 Å². The van der Waals surface area contributed by atoms with E-state index in [9.17, 15) is 14.4 Å². The third-order valence-electron chi connectivity index (χ3n) is 4.79. The van der Waals surface area contributed by atoms with Crippen LogP contribution < -0.4 is 5.32 Å². The highest BCUT2D eigenvalue weighted by atomic mass is 16.5. The fourth-order valence-electron chi connectivity index (χ4n) is 3.54. The fraction of sp³-hybridized carbons (Fsp3) is 0.286. The predicted molar refractivity (Wildman–Crippen MR) is 101 cm³/mol. The highest BCUT2D eigenvalue weighted by molar-refractivity contribution is 5.79. The van der Waals surface area contributed by atoms with Crippen molar-refractivity contribution in [2.24, 2.45) is 0 Å². The van der Waals surface area contributed by atoms with Gasteiger partial charge in [0.05, 0.1) is 6.42 Å². The van der Waals surface area contributed by atoms with E-state index in [1.54, 1.807) is 0 Å². The van der Waals surface area contributed by atoms with Crippen LogP contribution in [0, 0.1) is 0 Å². The van der Waals surface area contributed by atoms with Crippen LogP contribution in [-0.2, 0) is 14.3 Å². The molecule has 2 aromatic rings. The molecule has 146 valence electrons. The van der Waals surface area contributed by atoms with E-state index < -0.39 is 24.1 Å². The molecule has 1 amide bonds. The summed E-state index contributed by atoms with van der Waals surface area (Å²) in [6, 6.07) is 15.1. The van der Waals surface area contributed by atoms with Crippen LogP contribution in [0.25, 0.3) is 11.1 Å². The number of carbonyl (C=O) groups excluding carboxylic acids is 1. The van der Waals surface area contributed by atoms with Crippen LogP contribution in [-0.4, -0.2) is 40.9 Å². The van der Waals surface area contributed by atoms with Gasteiger partial charge in [-0.05, 0) is 28.7 Å². The van der Waals surface area contributed by atoms with E-state index in [0.29, 0.717) is 0 Å². The molecule has 0 aliphatic heterocycles. The standard InChI is InChI=1S/C21H21NO6/c23-19(24)10-9-13(11-20(25)26)22-21(27)28-12-18-16-7-3-1-5-14(16)15-6-2-4-8-17(15)18/h1-8,13,18H,9-12H2,(H,22,27)(H,23,24)(H,25,26). The molecule has 3 rings (SSSR count). The van der Waals surface area contributed by atoms with Crippen LogP contribution in [0.15, 0.2) is 48.5 Å². The summed E-state index contributed by atoms with van der Waals surface area (Å²) in [6.07, 6.45) is -1.33. The van der Waals surface area contributed by atoms with E-state index in [0.717, 1.165) is 22.3 Å². The number of carboxylic acid groups (broad SMARTS) is 2. The largest absolute Gasteiger partial charge is 0.481 e. The van der Waals surface area contributed by atoms with Crippen molar-refractivity contribution in [3.05, 3.63) is 59.7 Å². The summed E-state index contributed by atoms with van der Waals surface area (Å²) in [7, 11) is 0. The Morgan fingerprint density at radius 1 is 0.929 bits per heavy atom. The van der Waals surface area contributed by atoms with Gasteiger partial charge in [0.25, 0.3) is 0 Å². The molecule has 7 nitrogen and oxygen atoms in total. The molecule has 0 heterocycles. The second-order valence-electron chi connectivity index (χ2n) is 6.70. The van der Waals surface area contributed by atoms with Crippen molar-refractivity contribution in [2.75, 3.05) is 6.61 Å². The second kappa shape index (κ2) is 8.56. The van der Waals surface area contributed by atoms with Crippen molar-refractivity contribution in [2.45, 2.75) is 31.2 Å². The van der Waals surface area contributed by atoms with Crippen molar-refractivity contribution >= 4 is 18.0 Å². The highest BCUT2D eigenvalue weighted by Gasteiger charge is 2.29. The predicted octanol–water partition coefficient (Wildman–Crippen LogP) is 3.23. The van der Waals surface area contributed by atoms with E-state index in [1.165, 1.54) is 0 Å². The number of hydrogen-bond acceptors (Lipinski definition) is 4. The lowest BCUT2D eigenvalue weighted by Gasteiger charge is -2.18. The number of hydrogen-bond donors (Lipinski definition) is 3. The number of ether oxygens (including phenoxy) is 1. The number of nitrogens with one attached hydrogen (secondary N) is 1. The number of aliphatic carboxylic acids is 2. The van der Waals surface area contributed by atoms with E-state index >= 15 is 0 Å². The Hall–Kier alpha value is -3.35. The Morgan fingerprint density at radius 3 is 2.04 bits per heavy atom. The van der Waals surface area contributed by atoms with Crippen LogP contribution >= 0.6 is 0 Å². The van der Waals surface area contributed by atoms with Crippen LogP contribution in [0.1, 0.15) is 36.3 Å². The maximum atomic E-state index is 12.2. The first kappa shape index (κ1) is 19.4. The topological polar surface area (TPSA) is 113 Å². The number of carbonyl (C=O) groups is 3. The molecule has 7 heteroatoms. The average Bonchev–Trinajstić information content (AvgIpc) is 2.98. The fourth-order valence-corrected chi connectivity index (χ4v) is 3.54. The molecule has 1 aliphatic carbocycles. The first-order valence-electron chi connectivity index (χ1n) is 9.00. The van der Waals surface area contributed by atoms with Gasteiger partial charge in [0.1, 0.15) is 6.61 Å². The Labute approximate surface area is 162 Å². The molecular weight excluding hydrogens is 362 g/mol. The lowest BCUT2D eigenvalue weighted by atomic mass is 9.98. The van der Waals surface area contributed by atoms with Crippen molar-refractivity contribution < 1.29 is 29.3 Å². The van der Waals surface area contributed by atoms with Gasteiger partial charge in [-0.15, -0.1) is 0 Å². The van der Waals surface area contributed by atoms with Crippen molar-refractivity contribution in [3.8, 4) is 11.1 Å². The van der Waals surface area contributed by atoms with Crippen LogP contribution in [0.5, 0.6) is 0 Å². The molecule has 1 atom stereocenters. The first-order chi connectivity index (χ1) is 13.5. The zero-order chi connectivity index (χ0) is 20.1. The Bertz CT molecular complexity index is 848. The Kier molecular flexibility index (Phi) is 5.93. The maximum absolute atomic E-state index is 12.2. The molecular formula is C21H21NO6. The van der Waals surface area contributed by atoms with E-state index in [2.05, 4.69) is 5.32 Å². The molecule has 1 aliphatic rings. The smallest absolute Gasteiger partial charge is 0.407 e. The van der Waals surface area contributed by atoms with E-state index in [1.807, 2.05) is 48.5 Å².